The first-order valence-electron chi connectivity index (χ1n) is 10.8. The van der Waals surface area contributed by atoms with Gasteiger partial charge in [-0.25, -0.2) is 5.01 Å². The van der Waals surface area contributed by atoms with E-state index in [4.69, 9.17) is 19.3 Å². The highest BCUT2D eigenvalue weighted by molar-refractivity contribution is 6.01. The van der Waals surface area contributed by atoms with Crippen molar-refractivity contribution in [2.75, 3.05) is 13.7 Å². The van der Waals surface area contributed by atoms with Gasteiger partial charge in [-0.1, -0.05) is 37.3 Å². The highest BCUT2D eigenvalue weighted by atomic mass is 16.5. The van der Waals surface area contributed by atoms with Crippen molar-refractivity contribution >= 4 is 5.71 Å². The van der Waals surface area contributed by atoms with Crippen LogP contribution in [-0.2, 0) is 0 Å². The third kappa shape index (κ3) is 3.72. The third-order valence-electron chi connectivity index (χ3n) is 5.74. The maximum absolute atomic E-state index is 6.46. The van der Waals surface area contributed by atoms with E-state index in [2.05, 4.69) is 54.4 Å². The molecule has 5 nitrogen and oxygen atoms in total. The van der Waals surface area contributed by atoms with E-state index < -0.39 is 0 Å². The van der Waals surface area contributed by atoms with Gasteiger partial charge in [0.2, 0.25) is 6.23 Å². The van der Waals surface area contributed by atoms with Crippen molar-refractivity contribution in [3.05, 3.63) is 89.5 Å². The summed E-state index contributed by atoms with van der Waals surface area (Å²) in [7, 11) is 1.69. The summed E-state index contributed by atoms with van der Waals surface area (Å²) in [6.45, 7) is 2.82. The number of rotatable bonds is 6. The minimum atomic E-state index is -0.299. The average Bonchev–Trinajstić information content (AvgIpc) is 3.29. The summed E-state index contributed by atoms with van der Waals surface area (Å²) in [5.74, 6) is 2.58. The maximum Gasteiger partial charge on any atom is 0.213 e. The van der Waals surface area contributed by atoms with Crippen molar-refractivity contribution < 1.29 is 14.2 Å². The van der Waals surface area contributed by atoms with Crippen molar-refractivity contribution in [1.82, 2.24) is 5.01 Å². The third-order valence-corrected chi connectivity index (χ3v) is 5.74. The molecule has 2 heterocycles. The highest BCUT2D eigenvalue weighted by Gasteiger charge is 2.41. The van der Waals surface area contributed by atoms with Crippen LogP contribution in [0.2, 0.25) is 0 Å². The number of nitrogens with zero attached hydrogens (tertiary/aromatic N) is 2. The molecule has 0 N–H and O–H groups in total. The zero-order valence-electron chi connectivity index (χ0n) is 17.8. The standard InChI is InChI=1S/C26H26N2O3/c1-3-15-30-20-11-9-19(10-12-20)26-28-24(17-23(27-28)18-7-5-4-6-8-18)22-16-21(29-2)13-14-25(22)31-26/h4-14,16,24,26H,3,15,17H2,1-2H3. The van der Waals surface area contributed by atoms with Crippen molar-refractivity contribution in [1.29, 1.82) is 0 Å². The van der Waals surface area contributed by atoms with E-state index in [0.29, 0.717) is 6.61 Å². The van der Waals surface area contributed by atoms with Crippen molar-refractivity contribution in [3.8, 4) is 17.2 Å². The Bertz CT molecular complexity index is 1080. The summed E-state index contributed by atoms with van der Waals surface area (Å²) in [6.07, 6.45) is 1.51. The van der Waals surface area contributed by atoms with Gasteiger partial charge in [-0.3, -0.25) is 0 Å². The second kappa shape index (κ2) is 8.34. The summed E-state index contributed by atoms with van der Waals surface area (Å²) in [6, 6.07) is 24.6. The summed E-state index contributed by atoms with van der Waals surface area (Å²) in [4.78, 5) is 0. The Kier molecular flexibility index (Phi) is 5.24. The second-order valence-electron chi connectivity index (χ2n) is 7.80. The molecule has 0 saturated carbocycles. The minimum absolute atomic E-state index is 0.0927. The monoisotopic (exact) mass is 414 g/mol. The molecule has 0 bridgehead atoms. The molecule has 0 aromatic heterocycles. The molecule has 0 fully saturated rings. The Morgan fingerprint density at radius 1 is 1.00 bits per heavy atom. The van der Waals surface area contributed by atoms with Gasteiger partial charge in [-0.2, -0.15) is 5.10 Å². The molecule has 2 aliphatic heterocycles. The molecule has 0 spiro atoms. The van der Waals surface area contributed by atoms with Gasteiger partial charge in [-0.15, -0.1) is 0 Å². The van der Waals surface area contributed by atoms with Crippen LogP contribution < -0.4 is 14.2 Å². The normalized spacial score (nSPS) is 19.2. The Hall–Kier alpha value is -3.47. The molecule has 0 radical (unpaired) electrons. The fraction of sp³-hybridized carbons (Fsp3) is 0.269. The van der Waals surface area contributed by atoms with Crippen LogP contribution in [0.3, 0.4) is 0 Å². The lowest BCUT2D eigenvalue weighted by Gasteiger charge is -2.38. The van der Waals surface area contributed by atoms with Gasteiger partial charge in [0.25, 0.3) is 0 Å². The van der Waals surface area contributed by atoms with Gasteiger partial charge < -0.3 is 14.2 Å². The molecule has 0 aliphatic carbocycles. The summed E-state index contributed by atoms with van der Waals surface area (Å²) < 4.78 is 17.7. The van der Waals surface area contributed by atoms with Crippen LogP contribution in [0.25, 0.3) is 0 Å². The number of fused-ring (bicyclic) bond motifs is 3. The van der Waals surface area contributed by atoms with Crippen LogP contribution in [0.1, 0.15) is 48.7 Å². The van der Waals surface area contributed by atoms with Crippen LogP contribution in [-0.4, -0.2) is 24.4 Å². The summed E-state index contributed by atoms with van der Waals surface area (Å²) >= 11 is 0. The lowest BCUT2D eigenvalue weighted by atomic mass is 9.95. The largest absolute Gasteiger partial charge is 0.497 e. The first-order chi connectivity index (χ1) is 15.3. The van der Waals surface area contributed by atoms with Crippen LogP contribution in [0.5, 0.6) is 17.2 Å². The average molecular weight is 415 g/mol. The van der Waals surface area contributed by atoms with E-state index >= 15 is 0 Å². The number of methoxy groups -OCH3 is 1. The lowest BCUT2D eigenvalue weighted by molar-refractivity contribution is -0.0191. The first-order valence-corrected chi connectivity index (χ1v) is 10.8. The van der Waals surface area contributed by atoms with Crippen LogP contribution in [0.4, 0.5) is 0 Å². The van der Waals surface area contributed by atoms with Gasteiger partial charge in [-0.05, 0) is 54.4 Å². The molecular weight excluding hydrogens is 388 g/mol. The van der Waals surface area contributed by atoms with Gasteiger partial charge in [0, 0.05) is 17.5 Å². The van der Waals surface area contributed by atoms with Gasteiger partial charge in [0.05, 0.1) is 25.5 Å². The van der Waals surface area contributed by atoms with Crippen LogP contribution in [0.15, 0.2) is 77.9 Å². The topological polar surface area (TPSA) is 43.3 Å². The van der Waals surface area contributed by atoms with Crippen molar-refractivity contribution in [2.45, 2.75) is 32.0 Å². The minimum Gasteiger partial charge on any atom is -0.497 e. The molecule has 3 aromatic carbocycles. The fourth-order valence-corrected chi connectivity index (χ4v) is 4.17. The molecule has 5 heteroatoms. The van der Waals surface area contributed by atoms with E-state index in [1.807, 2.05) is 30.3 Å². The van der Waals surface area contributed by atoms with E-state index in [1.54, 1.807) is 7.11 Å². The number of hydrogen-bond acceptors (Lipinski definition) is 5. The zero-order valence-corrected chi connectivity index (χ0v) is 17.8. The van der Waals surface area contributed by atoms with Gasteiger partial charge >= 0.3 is 0 Å². The van der Waals surface area contributed by atoms with Crippen LogP contribution >= 0.6 is 0 Å². The van der Waals surface area contributed by atoms with E-state index in [1.165, 1.54) is 0 Å². The molecule has 2 unspecified atom stereocenters. The summed E-state index contributed by atoms with van der Waals surface area (Å²) in [5.41, 5.74) is 4.36. The second-order valence-corrected chi connectivity index (χ2v) is 7.80. The number of ether oxygens (including phenoxy) is 3. The Labute approximate surface area is 182 Å². The molecular formula is C26H26N2O3. The quantitative estimate of drug-likeness (QED) is 0.517. The zero-order chi connectivity index (χ0) is 21.2. The maximum atomic E-state index is 6.46. The Morgan fingerprint density at radius 3 is 2.52 bits per heavy atom. The van der Waals surface area contributed by atoms with E-state index in [0.717, 1.165) is 52.5 Å². The molecule has 0 amide bonds. The van der Waals surface area contributed by atoms with Crippen molar-refractivity contribution in [3.63, 3.8) is 0 Å². The molecule has 5 rings (SSSR count). The van der Waals surface area contributed by atoms with E-state index in [9.17, 15) is 0 Å². The Morgan fingerprint density at radius 2 is 1.77 bits per heavy atom. The molecule has 158 valence electrons. The summed E-state index contributed by atoms with van der Waals surface area (Å²) in [5, 5.41) is 7.11. The molecule has 3 aromatic rings. The molecule has 2 atom stereocenters. The molecule has 2 aliphatic rings. The highest BCUT2D eigenvalue weighted by Crippen LogP contribution is 2.48. The first kappa shape index (κ1) is 19.5. The van der Waals surface area contributed by atoms with Crippen LogP contribution in [0, 0.1) is 0 Å². The number of hydrazone groups is 1. The molecule has 0 saturated heterocycles. The fourth-order valence-electron chi connectivity index (χ4n) is 4.17. The lowest BCUT2D eigenvalue weighted by Crippen LogP contribution is -2.33. The predicted molar refractivity (Wildman–Crippen MR) is 121 cm³/mol. The van der Waals surface area contributed by atoms with Gasteiger partial charge in [0.1, 0.15) is 17.2 Å². The van der Waals surface area contributed by atoms with E-state index in [-0.39, 0.29) is 12.3 Å². The predicted octanol–water partition coefficient (Wildman–Crippen LogP) is 5.73. The smallest absolute Gasteiger partial charge is 0.213 e. The molecule has 31 heavy (non-hydrogen) atoms. The van der Waals surface area contributed by atoms with Crippen molar-refractivity contribution in [2.24, 2.45) is 5.10 Å². The number of benzene rings is 3. The van der Waals surface area contributed by atoms with Gasteiger partial charge in [0.15, 0.2) is 0 Å². The Balaban J connectivity index is 1.52. The number of hydrogen-bond donors (Lipinski definition) is 0. The SMILES string of the molecule is CCCOc1ccc(C2Oc3ccc(OC)cc3C3CC(c4ccccc4)=NN32)cc1.